The molecule has 3 aromatic rings. The van der Waals surface area contributed by atoms with Crippen molar-refractivity contribution in [2.45, 2.75) is 12.8 Å². The molecule has 0 atom stereocenters. The zero-order chi connectivity index (χ0) is 17.7. The van der Waals surface area contributed by atoms with Crippen LogP contribution in [0.3, 0.4) is 0 Å². The molecule has 0 saturated carbocycles. The molecule has 0 fully saturated rings. The second kappa shape index (κ2) is 5.19. The molecule has 3 heterocycles. The van der Waals surface area contributed by atoms with E-state index < -0.39 is 10.8 Å². The molecular weight excluding hydrogens is 328 g/mol. The molecule has 0 unspecified atom stereocenters. The first-order valence-electron chi connectivity index (χ1n) is 7.36. The van der Waals surface area contributed by atoms with Crippen molar-refractivity contribution in [2.24, 2.45) is 12.8 Å². The Balaban J connectivity index is 1.86. The highest BCUT2D eigenvalue weighted by Crippen LogP contribution is 2.33. The van der Waals surface area contributed by atoms with E-state index in [1.54, 1.807) is 17.9 Å². The van der Waals surface area contributed by atoms with Crippen LogP contribution >= 0.6 is 0 Å². The van der Waals surface area contributed by atoms with Gasteiger partial charge in [-0.15, -0.1) is 0 Å². The minimum Gasteiger partial charge on any atom is -0.364 e. The quantitative estimate of drug-likeness (QED) is 0.527. The highest BCUT2D eigenvalue weighted by molar-refractivity contribution is 5.94. The number of primary amides is 1. The highest BCUT2D eigenvalue weighted by Gasteiger charge is 2.28. The molecule has 126 valence electrons. The van der Waals surface area contributed by atoms with Crippen LogP contribution in [-0.2, 0) is 19.9 Å². The molecule has 0 aromatic carbocycles. The van der Waals surface area contributed by atoms with E-state index in [1.165, 1.54) is 17.1 Å². The van der Waals surface area contributed by atoms with Gasteiger partial charge >= 0.3 is 5.82 Å². The predicted molar refractivity (Wildman–Crippen MR) is 83.9 cm³/mol. The van der Waals surface area contributed by atoms with Gasteiger partial charge in [0.15, 0.2) is 5.69 Å². The topological polar surface area (TPSA) is 148 Å². The van der Waals surface area contributed by atoms with E-state index in [2.05, 4.69) is 20.1 Å². The largest absolute Gasteiger partial charge is 0.382 e. The van der Waals surface area contributed by atoms with Crippen LogP contribution in [0.1, 0.15) is 21.6 Å². The van der Waals surface area contributed by atoms with Gasteiger partial charge in [0.25, 0.3) is 5.91 Å². The fourth-order valence-electron chi connectivity index (χ4n) is 2.98. The van der Waals surface area contributed by atoms with Gasteiger partial charge in [-0.05, 0) is 28.3 Å². The van der Waals surface area contributed by atoms with E-state index in [9.17, 15) is 14.9 Å². The van der Waals surface area contributed by atoms with Crippen LogP contribution in [0.25, 0.3) is 17.3 Å². The average Bonchev–Trinajstić information content (AvgIpc) is 3.19. The zero-order valence-electron chi connectivity index (χ0n) is 13.1. The molecule has 0 aliphatic heterocycles. The fraction of sp³-hybridized carbons (Fsp3) is 0.214. The van der Waals surface area contributed by atoms with E-state index in [1.807, 2.05) is 0 Å². The van der Waals surface area contributed by atoms with Crippen LogP contribution < -0.4 is 5.73 Å². The maximum absolute atomic E-state index is 11.6. The number of amides is 1. The standard InChI is InChI=1S/C14H12N8O3/c1-20-12-8(11(19-20)13(15)23)3-2-7-4-16-14(18-10(7)12)21-5-9(17-6-21)22(24)25/h4-6H,2-3H2,1H3,(H2,15,23). The number of nitrogens with zero attached hydrogens (tertiary/aromatic N) is 7. The van der Waals surface area contributed by atoms with Gasteiger partial charge in [-0.25, -0.2) is 14.5 Å². The molecule has 0 spiro atoms. The average molecular weight is 340 g/mol. The van der Waals surface area contributed by atoms with Crippen LogP contribution in [0.2, 0.25) is 0 Å². The second-order valence-corrected chi connectivity index (χ2v) is 5.60. The molecule has 0 saturated heterocycles. The summed E-state index contributed by atoms with van der Waals surface area (Å²) < 4.78 is 2.94. The normalized spacial score (nSPS) is 12.5. The van der Waals surface area contributed by atoms with Crippen LogP contribution in [0, 0.1) is 10.1 Å². The van der Waals surface area contributed by atoms with Gasteiger partial charge in [0, 0.05) is 18.8 Å². The van der Waals surface area contributed by atoms with Crippen LogP contribution in [0.5, 0.6) is 0 Å². The number of aromatic nitrogens is 6. The van der Waals surface area contributed by atoms with Crippen molar-refractivity contribution in [1.82, 2.24) is 29.3 Å². The third-order valence-electron chi connectivity index (χ3n) is 4.09. The lowest BCUT2D eigenvalue weighted by Crippen LogP contribution is -2.16. The first kappa shape index (κ1) is 14.9. The number of hydrogen-bond donors (Lipinski definition) is 1. The van der Waals surface area contributed by atoms with Crippen molar-refractivity contribution in [2.75, 3.05) is 0 Å². The number of hydrogen-bond acceptors (Lipinski definition) is 7. The Kier molecular flexibility index (Phi) is 3.10. The molecule has 0 radical (unpaired) electrons. The summed E-state index contributed by atoms with van der Waals surface area (Å²) >= 11 is 0. The number of aryl methyl sites for hydroxylation is 2. The lowest BCUT2D eigenvalue weighted by molar-refractivity contribution is -0.389. The Morgan fingerprint density at radius 2 is 2.16 bits per heavy atom. The summed E-state index contributed by atoms with van der Waals surface area (Å²) in [6, 6.07) is 0. The van der Waals surface area contributed by atoms with Crippen molar-refractivity contribution in [3.63, 3.8) is 0 Å². The maximum atomic E-state index is 11.6. The molecule has 1 aliphatic carbocycles. The van der Waals surface area contributed by atoms with Gasteiger partial charge in [0.1, 0.15) is 6.20 Å². The van der Waals surface area contributed by atoms with Crippen LogP contribution in [-0.4, -0.2) is 40.1 Å². The van der Waals surface area contributed by atoms with E-state index in [-0.39, 0.29) is 17.5 Å². The Bertz CT molecular complexity index is 1030. The van der Waals surface area contributed by atoms with E-state index in [4.69, 9.17) is 5.73 Å². The van der Waals surface area contributed by atoms with Gasteiger partial charge in [-0.2, -0.15) is 5.10 Å². The monoisotopic (exact) mass is 340 g/mol. The number of fused-ring (bicyclic) bond motifs is 3. The third kappa shape index (κ3) is 2.24. The summed E-state index contributed by atoms with van der Waals surface area (Å²) in [6.07, 6.45) is 5.46. The van der Waals surface area contributed by atoms with Crippen LogP contribution in [0.15, 0.2) is 18.7 Å². The fourth-order valence-corrected chi connectivity index (χ4v) is 2.98. The summed E-state index contributed by atoms with van der Waals surface area (Å²) in [6.45, 7) is 0. The van der Waals surface area contributed by atoms with Gasteiger partial charge in [0.2, 0.25) is 12.3 Å². The molecule has 25 heavy (non-hydrogen) atoms. The summed E-state index contributed by atoms with van der Waals surface area (Å²) in [5.74, 6) is -0.632. The first-order valence-corrected chi connectivity index (χ1v) is 7.36. The second-order valence-electron chi connectivity index (χ2n) is 5.60. The summed E-state index contributed by atoms with van der Waals surface area (Å²) in [7, 11) is 1.71. The Hall–Kier alpha value is -3.63. The minimum atomic E-state index is -0.590. The SMILES string of the molecule is Cn1nc(C(N)=O)c2c1-c1nc(-n3cnc([N+](=O)[O-])c3)ncc1CC2. The molecule has 0 bridgehead atoms. The summed E-state index contributed by atoms with van der Waals surface area (Å²) in [5, 5.41) is 15.0. The van der Waals surface area contributed by atoms with Crippen molar-refractivity contribution >= 4 is 11.7 Å². The smallest absolute Gasteiger partial charge is 0.364 e. The van der Waals surface area contributed by atoms with Gasteiger partial charge in [-0.3, -0.25) is 9.48 Å². The molecular formula is C14H12N8O3. The van der Waals surface area contributed by atoms with Gasteiger partial charge < -0.3 is 15.8 Å². The number of imidazole rings is 1. The first-order chi connectivity index (χ1) is 12.0. The molecule has 11 nitrogen and oxygen atoms in total. The number of rotatable bonds is 3. The van der Waals surface area contributed by atoms with Crippen molar-refractivity contribution in [1.29, 1.82) is 0 Å². The number of carbonyl (C=O) groups excluding carboxylic acids is 1. The molecule has 11 heteroatoms. The lowest BCUT2D eigenvalue weighted by Gasteiger charge is -2.16. The predicted octanol–water partition coefficient (Wildman–Crippen LogP) is 0.168. The Labute approximate surface area is 140 Å². The maximum Gasteiger partial charge on any atom is 0.382 e. The lowest BCUT2D eigenvalue weighted by atomic mass is 9.93. The summed E-state index contributed by atoms with van der Waals surface area (Å²) in [4.78, 5) is 34.2. The molecule has 1 amide bonds. The highest BCUT2D eigenvalue weighted by atomic mass is 16.6. The van der Waals surface area contributed by atoms with E-state index in [0.717, 1.165) is 11.1 Å². The zero-order valence-corrected chi connectivity index (χ0v) is 13.1. The summed E-state index contributed by atoms with van der Waals surface area (Å²) in [5.41, 5.74) is 8.63. The Morgan fingerprint density at radius 1 is 1.36 bits per heavy atom. The Morgan fingerprint density at radius 3 is 2.84 bits per heavy atom. The molecule has 4 rings (SSSR count). The molecule has 3 aromatic heterocycles. The van der Waals surface area contributed by atoms with E-state index in [0.29, 0.717) is 24.2 Å². The third-order valence-corrected chi connectivity index (χ3v) is 4.09. The number of nitrogens with two attached hydrogens (primary N) is 1. The van der Waals surface area contributed by atoms with Gasteiger partial charge in [-0.1, -0.05) is 0 Å². The van der Waals surface area contributed by atoms with Crippen molar-refractivity contribution in [3.05, 3.63) is 45.7 Å². The van der Waals surface area contributed by atoms with E-state index >= 15 is 0 Å². The minimum absolute atomic E-state index is 0.238. The van der Waals surface area contributed by atoms with Gasteiger partial charge in [0.05, 0.1) is 11.4 Å². The number of nitro groups is 1. The molecule has 1 aliphatic rings. The molecule has 2 N–H and O–H groups in total. The van der Waals surface area contributed by atoms with Crippen molar-refractivity contribution in [3.8, 4) is 17.3 Å². The number of carbonyl (C=O) groups is 1. The van der Waals surface area contributed by atoms with Crippen molar-refractivity contribution < 1.29 is 9.72 Å². The van der Waals surface area contributed by atoms with Crippen LogP contribution in [0.4, 0.5) is 5.82 Å².